The zero-order valence-electron chi connectivity index (χ0n) is 12.7. The van der Waals surface area contributed by atoms with Crippen molar-refractivity contribution in [2.75, 3.05) is 18.4 Å². The Labute approximate surface area is 125 Å². The normalized spacial score (nSPS) is 18.0. The Morgan fingerprint density at radius 2 is 2.24 bits per heavy atom. The maximum atomic E-state index is 12.5. The van der Waals surface area contributed by atoms with Gasteiger partial charge in [-0.1, -0.05) is 18.6 Å². The summed E-state index contributed by atoms with van der Waals surface area (Å²) in [5, 5.41) is 8.88. The smallest absolute Gasteiger partial charge is 0.254 e. The quantitative estimate of drug-likeness (QED) is 0.774. The van der Waals surface area contributed by atoms with Crippen LogP contribution in [0.3, 0.4) is 0 Å². The number of rotatable bonds is 5. The van der Waals surface area contributed by atoms with Gasteiger partial charge in [-0.25, -0.2) is 0 Å². The van der Waals surface area contributed by atoms with E-state index >= 15 is 0 Å². The molecule has 0 aliphatic carbocycles. The van der Waals surface area contributed by atoms with Crippen molar-refractivity contribution in [2.24, 2.45) is 0 Å². The topological polar surface area (TPSA) is 70.2 Å². The van der Waals surface area contributed by atoms with Crippen molar-refractivity contribution in [1.82, 2.24) is 10.6 Å². The minimum Gasteiger partial charge on any atom is -0.384 e. The molecule has 1 atom stereocenters. The van der Waals surface area contributed by atoms with E-state index in [2.05, 4.69) is 22.9 Å². The molecule has 2 amide bonds. The molecule has 1 aliphatic heterocycles. The molecule has 0 saturated carbocycles. The van der Waals surface area contributed by atoms with Crippen LogP contribution in [0.25, 0.3) is 0 Å². The molecule has 2 rings (SSSR count). The SMILES string of the molecule is CCCNc1ccc(C)cc1C(=O)NC1CCCNC1=O. The molecule has 1 aromatic carbocycles. The van der Waals surface area contributed by atoms with Crippen LogP contribution in [-0.2, 0) is 4.79 Å². The predicted octanol–water partition coefficient (Wildman–Crippen LogP) is 1.83. The fourth-order valence-corrected chi connectivity index (χ4v) is 2.41. The van der Waals surface area contributed by atoms with Gasteiger partial charge >= 0.3 is 0 Å². The van der Waals surface area contributed by atoms with Gasteiger partial charge in [-0.2, -0.15) is 0 Å². The summed E-state index contributed by atoms with van der Waals surface area (Å²) < 4.78 is 0. The molecule has 0 radical (unpaired) electrons. The van der Waals surface area contributed by atoms with Crippen LogP contribution in [0, 0.1) is 6.92 Å². The molecule has 0 bridgehead atoms. The molecule has 1 fully saturated rings. The molecule has 1 aromatic rings. The molecule has 0 aromatic heterocycles. The third-order valence-electron chi connectivity index (χ3n) is 3.58. The lowest BCUT2D eigenvalue weighted by Gasteiger charge is -2.23. The average molecular weight is 289 g/mol. The van der Waals surface area contributed by atoms with Crippen LogP contribution in [0.2, 0.25) is 0 Å². The number of aryl methyl sites for hydroxylation is 1. The number of amides is 2. The maximum Gasteiger partial charge on any atom is 0.254 e. The molecular formula is C16H23N3O2. The Kier molecular flexibility index (Phi) is 5.20. The van der Waals surface area contributed by atoms with Crippen molar-refractivity contribution in [3.63, 3.8) is 0 Å². The van der Waals surface area contributed by atoms with E-state index in [1.165, 1.54) is 0 Å². The minimum atomic E-state index is -0.425. The van der Waals surface area contributed by atoms with E-state index in [-0.39, 0.29) is 11.8 Å². The Bertz CT molecular complexity index is 528. The first-order valence-corrected chi connectivity index (χ1v) is 7.55. The van der Waals surface area contributed by atoms with Crippen molar-refractivity contribution in [2.45, 2.75) is 39.2 Å². The van der Waals surface area contributed by atoms with Gasteiger partial charge in [0, 0.05) is 18.8 Å². The van der Waals surface area contributed by atoms with E-state index in [1.54, 1.807) is 0 Å². The van der Waals surface area contributed by atoms with Crippen molar-refractivity contribution < 1.29 is 9.59 Å². The molecule has 1 heterocycles. The van der Waals surface area contributed by atoms with Crippen LogP contribution in [-0.4, -0.2) is 30.9 Å². The van der Waals surface area contributed by atoms with Gasteiger partial charge in [0.2, 0.25) is 5.91 Å². The van der Waals surface area contributed by atoms with E-state index in [4.69, 9.17) is 0 Å². The van der Waals surface area contributed by atoms with Crippen molar-refractivity contribution in [3.8, 4) is 0 Å². The number of hydrogen-bond donors (Lipinski definition) is 3. The van der Waals surface area contributed by atoms with Gasteiger partial charge < -0.3 is 16.0 Å². The van der Waals surface area contributed by atoms with Gasteiger partial charge in [-0.3, -0.25) is 9.59 Å². The molecule has 0 spiro atoms. The van der Waals surface area contributed by atoms with E-state index in [0.29, 0.717) is 18.5 Å². The second-order valence-electron chi connectivity index (χ2n) is 5.44. The molecule has 5 nitrogen and oxygen atoms in total. The van der Waals surface area contributed by atoms with Gasteiger partial charge in [0.25, 0.3) is 5.91 Å². The Morgan fingerprint density at radius 3 is 2.95 bits per heavy atom. The van der Waals surface area contributed by atoms with Crippen LogP contribution < -0.4 is 16.0 Å². The molecule has 114 valence electrons. The number of carbonyl (C=O) groups excluding carboxylic acids is 2. The largest absolute Gasteiger partial charge is 0.384 e. The predicted molar refractivity (Wildman–Crippen MR) is 83.5 cm³/mol. The van der Waals surface area contributed by atoms with E-state index in [9.17, 15) is 9.59 Å². The Balaban J connectivity index is 2.13. The van der Waals surface area contributed by atoms with Gasteiger partial charge in [0.1, 0.15) is 6.04 Å². The lowest BCUT2D eigenvalue weighted by Crippen LogP contribution is -2.50. The molecule has 1 unspecified atom stereocenters. The maximum absolute atomic E-state index is 12.5. The monoisotopic (exact) mass is 289 g/mol. The highest BCUT2D eigenvalue weighted by atomic mass is 16.2. The third kappa shape index (κ3) is 3.97. The van der Waals surface area contributed by atoms with Crippen LogP contribution in [0.15, 0.2) is 18.2 Å². The summed E-state index contributed by atoms with van der Waals surface area (Å²) in [6.07, 6.45) is 2.58. The highest BCUT2D eigenvalue weighted by Crippen LogP contribution is 2.18. The Hall–Kier alpha value is -2.04. The summed E-state index contributed by atoms with van der Waals surface area (Å²) in [7, 11) is 0. The van der Waals surface area contributed by atoms with Crippen LogP contribution in [0.5, 0.6) is 0 Å². The van der Waals surface area contributed by atoms with Gasteiger partial charge in [0.05, 0.1) is 5.56 Å². The van der Waals surface area contributed by atoms with Crippen molar-refractivity contribution in [1.29, 1.82) is 0 Å². The minimum absolute atomic E-state index is 0.0923. The zero-order valence-corrected chi connectivity index (χ0v) is 12.7. The summed E-state index contributed by atoms with van der Waals surface area (Å²) in [6.45, 7) is 5.53. The van der Waals surface area contributed by atoms with Gasteiger partial charge in [0.15, 0.2) is 0 Å². The van der Waals surface area contributed by atoms with Crippen molar-refractivity contribution >= 4 is 17.5 Å². The highest BCUT2D eigenvalue weighted by molar-refractivity contribution is 6.02. The van der Waals surface area contributed by atoms with Crippen LogP contribution in [0.1, 0.15) is 42.1 Å². The summed E-state index contributed by atoms with van der Waals surface area (Å²) >= 11 is 0. The summed E-state index contributed by atoms with van der Waals surface area (Å²) in [5.41, 5.74) is 2.44. The summed E-state index contributed by atoms with van der Waals surface area (Å²) in [5.74, 6) is -0.287. The first-order chi connectivity index (χ1) is 10.1. The zero-order chi connectivity index (χ0) is 15.2. The molecule has 21 heavy (non-hydrogen) atoms. The second-order valence-corrected chi connectivity index (χ2v) is 5.44. The molecular weight excluding hydrogens is 266 g/mol. The second kappa shape index (κ2) is 7.11. The number of hydrogen-bond acceptors (Lipinski definition) is 3. The van der Waals surface area contributed by atoms with E-state index in [1.807, 2.05) is 25.1 Å². The van der Waals surface area contributed by atoms with Crippen LogP contribution in [0.4, 0.5) is 5.69 Å². The summed E-state index contributed by atoms with van der Waals surface area (Å²) in [4.78, 5) is 24.2. The molecule has 3 N–H and O–H groups in total. The molecule has 5 heteroatoms. The van der Waals surface area contributed by atoms with Crippen molar-refractivity contribution in [3.05, 3.63) is 29.3 Å². The fraction of sp³-hybridized carbons (Fsp3) is 0.500. The lowest BCUT2D eigenvalue weighted by atomic mass is 10.0. The number of nitrogens with one attached hydrogen (secondary N) is 3. The first-order valence-electron chi connectivity index (χ1n) is 7.55. The average Bonchev–Trinajstić information content (AvgIpc) is 2.48. The van der Waals surface area contributed by atoms with Crippen LogP contribution >= 0.6 is 0 Å². The fourth-order valence-electron chi connectivity index (χ4n) is 2.41. The Morgan fingerprint density at radius 1 is 1.43 bits per heavy atom. The molecule has 1 saturated heterocycles. The lowest BCUT2D eigenvalue weighted by molar-refractivity contribution is -0.124. The number of anilines is 1. The van der Waals surface area contributed by atoms with Gasteiger partial charge in [-0.15, -0.1) is 0 Å². The van der Waals surface area contributed by atoms with E-state index < -0.39 is 6.04 Å². The standard InChI is InChI=1S/C16H23N3O2/c1-3-8-17-13-7-6-11(2)10-12(13)15(20)19-14-5-4-9-18-16(14)21/h6-7,10,14,17H,3-5,8-9H2,1-2H3,(H,18,21)(H,19,20). The molecule has 1 aliphatic rings. The number of benzene rings is 1. The third-order valence-corrected chi connectivity index (χ3v) is 3.58. The summed E-state index contributed by atoms with van der Waals surface area (Å²) in [6, 6.07) is 5.32. The number of carbonyl (C=O) groups is 2. The first kappa shape index (κ1) is 15.4. The van der Waals surface area contributed by atoms with E-state index in [0.717, 1.165) is 30.6 Å². The van der Waals surface area contributed by atoms with Gasteiger partial charge in [-0.05, 0) is 38.3 Å². The highest BCUT2D eigenvalue weighted by Gasteiger charge is 2.24. The number of piperidine rings is 1.